The minimum Gasteiger partial charge on any atom is -0.388 e. The van der Waals surface area contributed by atoms with E-state index in [0.717, 1.165) is 5.69 Å². The molecule has 1 fully saturated rings. The second-order valence-electron chi connectivity index (χ2n) is 6.72. The average molecular weight is 375 g/mol. The minimum absolute atomic E-state index is 0.0912. The Morgan fingerprint density at radius 2 is 1.85 bits per heavy atom. The van der Waals surface area contributed by atoms with E-state index in [1.54, 1.807) is 19.1 Å². The summed E-state index contributed by atoms with van der Waals surface area (Å²) in [7, 11) is 3.83. The SMILES string of the molecule is CC1OC(CNC(=O)C(C#N)=Cc2ccc(N(C)C)cc2)C(O)C(O)C1O. The topological polar surface area (TPSA) is 126 Å². The maximum absolute atomic E-state index is 12.3. The van der Waals surface area contributed by atoms with E-state index in [0.29, 0.717) is 5.56 Å². The molecular weight excluding hydrogens is 350 g/mol. The van der Waals surface area contributed by atoms with Crippen LogP contribution in [0.5, 0.6) is 0 Å². The van der Waals surface area contributed by atoms with Gasteiger partial charge < -0.3 is 30.3 Å². The Kier molecular flexibility index (Phi) is 6.93. The van der Waals surface area contributed by atoms with Gasteiger partial charge in [0.2, 0.25) is 0 Å². The smallest absolute Gasteiger partial charge is 0.262 e. The van der Waals surface area contributed by atoms with Gasteiger partial charge in [-0.2, -0.15) is 5.26 Å². The van der Waals surface area contributed by atoms with Gasteiger partial charge in [0.1, 0.15) is 36.1 Å². The highest BCUT2D eigenvalue weighted by Gasteiger charge is 2.41. The van der Waals surface area contributed by atoms with E-state index >= 15 is 0 Å². The number of nitrogens with zero attached hydrogens (tertiary/aromatic N) is 2. The first-order chi connectivity index (χ1) is 12.7. The van der Waals surface area contributed by atoms with Crippen molar-refractivity contribution in [2.75, 3.05) is 25.5 Å². The lowest BCUT2D eigenvalue weighted by Gasteiger charge is -2.39. The first-order valence-electron chi connectivity index (χ1n) is 8.61. The molecule has 0 saturated carbocycles. The van der Waals surface area contributed by atoms with Gasteiger partial charge in [0.15, 0.2) is 0 Å². The van der Waals surface area contributed by atoms with Crippen LogP contribution in [0, 0.1) is 11.3 Å². The molecule has 8 heteroatoms. The molecule has 0 spiro atoms. The van der Waals surface area contributed by atoms with Gasteiger partial charge in [-0.25, -0.2) is 0 Å². The van der Waals surface area contributed by atoms with Crippen molar-refractivity contribution >= 4 is 17.7 Å². The molecule has 0 aliphatic carbocycles. The maximum Gasteiger partial charge on any atom is 0.262 e. The van der Waals surface area contributed by atoms with Crippen molar-refractivity contribution in [2.45, 2.75) is 37.4 Å². The zero-order valence-corrected chi connectivity index (χ0v) is 15.5. The molecule has 1 heterocycles. The van der Waals surface area contributed by atoms with Crippen molar-refractivity contribution in [1.29, 1.82) is 5.26 Å². The lowest BCUT2D eigenvalue weighted by molar-refractivity contribution is -0.215. The van der Waals surface area contributed by atoms with Crippen molar-refractivity contribution in [3.8, 4) is 6.07 Å². The normalized spacial score (nSPS) is 28.3. The van der Waals surface area contributed by atoms with Crippen LogP contribution >= 0.6 is 0 Å². The molecular formula is C19H25N3O5. The molecule has 1 aliphatic rings. The van der Waals surface area contributed by atoms with E-state index in [1.807, 2.05) is 37.2 Å². The number of hydrogen-bond donors (Lipinski definition) is 4. The molecule has 0 aromatic heterocycles. The molecule has 8 nitrogen and oxygen atoms in total. The van der Waals surface area contributed by atoms with Crippen molar-refractivity contribution < 1.29 is 24.9 Å². The number of benzene rings is 1. The van der Waals surface area contributed by atoms with Gasteiger partial charge in [-0.3, -0.25) is 4.79 Å². The Balaban J connectivity index is 2.01. The predicted molar refractivity (Wildman–Crippen MR) is 99.7 cm³/mol. The quantitative estimate of drug-likeness (QED) is 0.409. The Morgan fingerprint density at radius 1 is 1.22 bits per heavy atom. The number of carbonyl (C=O) groups excluding carboxylic acids is 1. The highest BCUT2D eigenvalue weighted by Crippen LogP contribution is 2.20. The van der Waals surface area contributed by atoms with Crippen LogP contribution < -0.4 is 10.2 Å². The highest BCUT2D eigenvalue weighted by molar-refractivity contribution is 6.01. The summed E-state index contributed by atoms with van der Waals surface area (Å²) in [5.41, 5.74) is 1.60. The predicted octanol–water partition coefficient (Wildman–Crippen LogP) is -0.354. The standard InChI is InChI=1S/C19H25N3O5/c1-11-16(23)18(25)17(24)15(27-11)10-21-19(26)13(9-20)8-12-4-6-14(7-5-12)22(2)3/h4-8,11,15-18,23-25H,10H2,1-3H3,(H,21,26). The Labute approximate surface area is 158 Å². The molecule has 5 unspecified atom stereocenters. The summed E-state index contributed by atoms with van der Waals surface area (Å²) in [5.74, 6) is -0.613. The van der Waals surface area contributed by atoms with Gasteiger partial charge in [-0.1, -0.05) is 12.1 Å². The summed E-state index contributed by atoms with van der Waals surface area (Å²) in [6.45, 7) is 1.46. The number of aliphatic hydroxyl groups is 3. The Bertz CT molecular complexity index is 726. The van der Waals surface area contributed by atoms with E-state index in [1.165, 1.54) is 6.08 Å². The van der Waals surface area contributed by atoms with Crippen LogP contribution in [-0.2, 0) is 9.53 Å². The largest absolute Gasteiger partial charge is 0.388 e. The van der Waals surface area contributed by atoms with Gasteiger partial charge in [0, 0.05) is 26.3 Å². The third-order valence-corrected chi connectivity index (χ3v) is 4.50. The molecule has 2 rings (SSSR count). The van der Waals surface area contributed by atoms with Gasteiger partial charge in [0.05, 0.1) is 6.10 Å². The summed E-state index contributed by atoms with van der Waals surface area (Å²) >= 11 is 0. The van der Waals surface area contributed by atoms with Crippen molar-refractivity contribution in [3.63, 3.8) is 0 Å². The number of ether oxygens (including phenoxy) is 1. The average Bonchev–Trinajstić information content (AvgIpc) is 2.66. The molecule has 1 amide bonds. The number of carbonyl (C=O) groups is 1. The molecule has 1 saturated heterocycles. The molecule has 1 aliphatic heterocycles. The first kappa shape index (κ1) is 20.9. The van der Waals surface area contributed by atoms with Crippen LogP contribution in [0.15, 0.2) is 29.8 Å². The Morgan fingerprint density at radius 3 is 2.41 bits per heavy atom. The molecule has 0 radical (unpaired) electrons. The second-order valence-corrected chi connectivity index (χ2v) is 6.72. The third kappa shape index (κ3) is 5.05. The summed E-state index contributed by atoms with van der Waals surface area (Å²) in [4.78, 5) is 14.2. The fraction of sp³-hybridized carbons (Fsp3) is 0.474. The van der Waals surface area contributed by atoms with Crippen LogP contribution in [0.3, 0.4) is 0 Å². The van der Waals surface area contributed by atoms with Crippen LogP contribution in [0.2, 0.25) is 0 Å². The van der Waals surface area contributed by atoms with E-state index < -0.39 is 36.4 Å². The summed E-state index contributed by atoms with van der Waals surface area (Å²) in [6.07, 6.45) is -4.02. The van der Waals surface area contributed by atoms with Crippen LogP contribution in [-0.4, -0.2) is 72.4 Å². The fourth-order valence-corrected chi connectivity index (χ4v) is 2.78. The third-order valence-electron chi connectivity index (χ3n) is 4.50. The number of nitrogens with one attached hydrogen (secondary N) is 1. The molecule has 146 valence electrons. The Hall–Kier alpha value is -2.44. The number of rotatable bonds is 5. The van der Waals surface area contributed by atoms with Gasteiger partial charge >= 0.3 is 0 Å². The van der Waals surface area contributed by atoms with Gasteiger partial charge in [0.25, 0.3) is 5.91 Å². The number of hydrogen-bond acceptors (Lipinski definition) is 7. The van der Waals surface area contributed by atoms with Crippen LogP contribution in [0.25, 0.3) is 6.08 Å². The fourth-order valence-electron chi connectivity index (χ4n) is 2.78. The van der Waals surface area contributed by atoms with Crippen molar-refractivity contribution in [2.24, 2.45) is 0 Å². The van der Waals surface area contributed by atoms with E-state index in [4.69, 9.17) is 4.74 Å². The van der Waals surface area contributed by atoms with E-state index in [9.17, 15) is 25.4 Å². The summed E-state index contributed by atoms with van der Waals surface area (Å²) in [6, 6.07) is 9.20. The minimum atomic E-state index is -1.36. The summed E-state index contributed by atoms with van der Waals surface area (Å²) < 4.78 is 5.42. The molecule has 1 aromatic rings. The van der Waals surface area contributed by atoms with Crippen molar-refractivity contribution in [1.82, 2.24) is 5.32 Å². The first-order valence-corrected chi connectivity index (χ1v) is 8.61. The lowest BCUT2D eigenvalue weighted by atomic mass is 9.95. The number of aliphatic hydroxyl groups excluding tert-OH is 3. The molecule has 0 bridgehead atoms. The molecule has 1 aromatic carbocycles. The van der Waals surface area contributed by atoms with Crippen LogP contribution in [0.1, 0.15) is 12.5 Å². The maximum atomic E-state index is 12.3. The molecule has 4 N–H and O–H groups in total. The highest BCUT2D eigenvalue weighted by atomic mass is 16.5. The summed E-state index contributed by atoms with van der Waals surface area (Å²) in [5, 5.41) is 41.2. The van der Waals surface area contributed by atoms with Crippen LogP contribution in [0.4, 0.5) is 5.69 Å². The molecule has 27 heavy (non-hydrogen) atoms. The van der Waals surface area contributed by atoms with Gasteiger partial charge in [-0.15, -0.1) is 0 Å². The van der Waals surface area contributed by atoms with Crippen molar-refractivity contribution in [3.05, 3.63) is 35.4 Å². The van der Waals surface area contributed by atoms with E-state index in [2.05, 4.69) is 5.32 Å². The number of amides is 1. The van der Waals surface area contributed by atoms with E-state index in [-0.39, 0.29) is 12.1 Å². The second kappa shape index (κ2) is 8.97. The zero-order valence-electron chi connectivity index (χ0n) is 15.5. The number of nitriles is 1. The zero-order chi connectivity index (χ0) is 20.1. The molecule has 5 atom stereocenters. The monoisotopic (exact) mass is 375 g/mol. The number of anilines is 1. The van der Waals surface area contributed by atoms with Gasteiger partial charge in [-0.05, 0) is 30.7 Å². The lowest BCUT2D eigenvalue weighted by Crippen LogP contribution is -2.59.